The number of aliphatic carboxylic acids is 1. The molecule has 0 aliphatic carbocycles. The average molecular weight is 780 g/mol. The van der Waals surface area contributed by atoms with Gasteiger partial charge in [0.1, 0.15) is 30.8 Å². The zero-order valence-corrected chi connectivity index (χ0v) is 30.8. The molecule has 1 atom stereocenters. The maximum absolute atomic E-state index is 11.5. The van der Waals surface area contributed by atoms with Gasteiger partial charge in [0.05, 0.1) is 17.7 Å². The second kappa shape index (κ2) is 17.7. The van der Waals surface area contributed by atoms with Crippen LogP contribution in [0, 0.1) is 0 Å². The Morgan fingerprint density at radius 1 is 0.980 bits per heavy atom. The number of carboxylic acids is 1. The van der Waals surface area contributed by atoms with Gasteiger partial charge in [-0.2, -0.15) is 0 Å². The Morgan fingerprint density at radius 2 is 1.76 bits per heavy atom. The van der Waals surface area contributed by atoms with E-state index in [4.69, 9.17) is 21.1 Å². The Hall–Kier alpha value is -3.71. The number of likely N-dealkylation sites (tertiary alicyclic amines) is 1. The minimum absolute atomic E-state index is 0.107. The number of carboxylic acid groups (broad SMARTS) is 1. The molecule has 0 radical (unpaired) electrons. The largest absolute Gasteiger partial charge is 0.488 e. The van der Waals surface area contributed by atoms with Gasteiger partial charge < -0.3 is 34.6 Å². The molecule has 6 rings (SSSR count). The number of hydrogen-bond acceptors (Lipinski definition) is 9. The first-order chi connectivity index (χ1) is 24.8. The number of aliphatic hydroxyl groups excluding tert-OH is 2. The van der Waals surface area contributed by atoms with E-state index >= 15 is 0 Å². The molecule has 1 aromatic heterocycles. The Bertz CT molecular complexity index is 1790. The van der Waals surface area contributed by atoms with Gasteiger partial charge in [0.25, 0.3) is 0 Å². The molecule has 2 aliphatic heterocycles. The summed E-state index contributed by atoms with van der Waals surface area (Å²) in [6.07, 6.45) is 7.08. The molecule has 3 aromatic carbocycles. The van der Waals surface area contributed by atoms with E-state index in [1.54, 1.807) is 24.5 Å². The molecule has 2 aliphatic rings. The molecule has 10 nitrogen and oxygen atoms in total. The normalized spacial score (nSPS) is 15.5. The summed E-state index contributed by atoms with van der Waals surface area (Å²) in [5.74, 6) is -0.259. The number of nitrogens with zero attached hydrogens (tertiary/aromatic N) is 3. The minimum Gasteiger partial charge on any atom is -0.488 e. The van der Waals surface area contributed by atoms with Crippen LogP contribution < -0.4 is 19.7 Å². The lowest BCUT2D eigenvalue weighted by molar-refractivity contribution is -0.140. The second-order valence-corrected chi connectivity index (χ2v) is 14.2. The lowest BCUT2D eigenvalue weighted by Gasteiger charge is -2.30. The number of halogens is 2. The van der Waals surface area contributed by atoms with Gasteiger partial charge in [0, 0.05) is 78.0 Å². The SMILES string of the molecule is O=C(O)[C@H](CO)NCc1cc(Cl)c(OCc2cccc(-c3cccc4c3CCN4CCCN3CCC(O)CC3)c2Br)cc1OCc1cccnc1. The van der Waals surface area contributed by atoms with Crippen molar-refractivity contribution in [2.24, 2.45) is 0 Å². The van der Waals surface area contributed by atoms with Gasteiger partial charge in [-0.25, -0.2) is 0 Å². The van der Waals surface area contributed by atoms with Crippen molar-refractivity contribution < 1.29 is 29.6 Å². The summed E-state index contributed by atoms with van der Waals surface area (Å²) in [4.78, 5) is 20.6. The maximum atomic E-state index is 11.5. The number of rotatable bonds is 16. The summed E-state index contributed by atoms with van der Waals surface area (Å²) in [5, 5.41) is 31.9. The summed E-state index contributed by atoms with van der Waals surface area (Å²) in [7, 11) is 0. The van der Waals surface area contributed by atoms with E-state index in [0.29, 0.717) is 22.1 Å². The van der Waals surface area contributed by atoms with Gasteiger partial charge in [-0.15, -0.1) is 0 Å². The lowest BCUT2D eigenvalue weighted by Crippen LogP contribution is -2.39. The van der Waals surface area contributed by atoms with Crippen molar-refractivity contribution >= 4 is 39.2 Å². The summed E-state index contributed by atoms with van der Waals surface area (Å²) in [5.41, 5.74) is 7.40. The Balaban J connectivity index is 1.16. The van der Waals surface area contributed by atoms with Crippen LogP contribution in [0.1, 0.15) is 41.5 Å². The predicted molar refractivity (Wildman–Crippen MR) is 201 cm³/mol. The van der Waals surface area contributed by atoms with E-state index in [9.17, 15) is 20.1 Å². The van der Waals surface area contributed by atoms with E-state index in [1.165, 1.54) is 16.8 Å². The topological polar surface area (TPSA) is 128 Å². The number of pyridine rings is 1. The highest BCUT2D eigenvalue weighted by molar-refractivity contribution is 9.10. The van der Waals surface area contributed by atoms with E-state index < -0.39 is 18.6 Å². The van der Waals surface area contributed by atoms with E-state index in [0.717, 1.165) is 79.6 Å². The molecular formula is C39H44BrClN4O6. The molecule has 51 heavy (non-hydrogen) atoms. The summed E-state index contributed by atoms with van der Waals surface area (Å²) >= 11 is 10.6. The van der Waals surface area contributed by atoms with Crippen molar-refractivity contribution in [3.63, 3.8) is 0 Å². The van der Waals surface area contributed by atoms with Crippen LogP contribution in [-0.4, -0.2) is 82.6 Å². The van der Waals surface area contributed by atoms with Crippen molar-refractivity contribution in [1.82, 2.24) is 15.2 Å². The van der Waals surface area contributed by atoms with Crippen LogP contribution >= 0.6 is 27.5 Å². The number of ether oxygens (including phenoxy) is 2. The lowest BCUT2D eigenvalue weighted by atomic mass is 9.96. The number of hydrogen-bond donors (Lipinski definition) is 4. The molecule has 3 heterocycles. The molecule has 1 fully saturated rings. The third-order valence-electron chi connectivity index (χ3n) is 9.59. The van der Waals surface area contributed by atoms with Gasteiger partial charge in [-0.1, -0.05) is 48.0 Å². The fourth-order valence-electron chi connectivity index (χ4n) is 6.74. The number of aromatic nitrogens is 1. The van der Waals surface area contributed by atoms with Crippen molar-refractivity contribution in [3.05, 3.63) is 105 Å². The first kappa shape index (κ1) is 37.1. The molecule has 1 saturated heterocycles. The average Bonchev–Trinajstić information content (AvgIpc) is 3.56. The van der Waals surface area contributed by atoms with Crippen LogP contribution in [0.3, 0.4) is 0 Å². The van der Waals surface area contributed by atoms with Crippen LogP contribution in [-0.2, 0) is 31.0 Å². The standard InChI is InChI=1S/C39H44BrClN4O6/c40-38-27(6-1-8-32(38)30-7-2-9-35-31(30)12-18-45(35)15-4-14-44-16-10-29(47)11-17-44)25-51-37-20-36(50-24-26-5-3-13-42-21-26)28(19-33(37)41)22-43-34(23-46)39(48)49/h1-3,5-9,13,19-21,29,34,43,46-47H,4,10-12,14-18,22-25H2,(H,48,49)/t34-/m0/s1. The molecule has 0 saturated carbocycles. The van der Waals surface area contributed by atoms with Crippen molar-refractivity contribution in [2.45, 2.75) is 57.6 Å². The van der Waals surface area contributed by atoms with E-state index in [1.807, 2.05) is 24.3 Å². The number of benzene rings is 3. The predicted octanol–water partition coefficient (Wildman–Crippen LogP) is 6.07. The van der Waals surface area contributed by atoms with Crippen LogP contribution in [0.2, 0.25) is 5.02 Å². The Morgan fingerprint density at radius 3 is 2.53 bits per heavy atom. The number of carbonyl (C=O) groups is 1. The minimum atomic E-state index is -1.15. The first-order valence-corrected chi connectivity index (χ1v) is 18.6. The highest BCUT2D eigenvalue weighted by Gasteiger charge is 2.24. The Kier molecular flexibility index (Phi) is 12.8. The van der Waals surface area contributed by atoms with Gasteiger partial charge in [0.15, 0.2) is 0 Å². The van der Waals surface area contributed by atoms with Crippen LogP contribution in [0.4, 0.5) is 5.69 Å². The Labute approximate surface area is 312 Å². The quantitative estimate of drug-likeness (QED) is 0.107. The van der Waals surface area contributed by atoms with Crippen LogP contribution in [0.5, 0.6) is 11.5 Å². The van der Waals surface area contributed by atoms with Crippen molar-refractivity contribution in [1.29, 1.82) is 0 Å². The molecule has 0 amide bonds. The van der Waals surface area contributed by atoms with Gasteiger partial charge >= 0.3 is 5.97 Å². The third-order valence-corrected chi connectivity index (χ3v) is 10.8. The second-order valence-electron chi connectivity index (χ2n) is 13.0. The van der Waals surface area contributed by atoms with Crippen molar-refractivity contribution in [2.75, 3.05) is 44.2 Å². The van der Waals surface area contributed by atoms with Gasteiger partial charge in [-0.05, 0) is 83.0 Å². The summed E-state index contributed by atoms with van der Waals surface area (Å²) in [6.45, 7) is 5.05. The number of fused-ring (bicyclic) bond motifs is 1. The fraction of sp³-hybridized carbons (Fsp3) is 0.385. The fourth-order valence-corrected chi connectivity index (χ4v) is 7.57. The van der Waals surface area contributed by atoms with Crippen LogP contribution in [0.15, 0.2) is 77.5 Å². The summed E-state index contributed by atoms with van der Waals surface area (Å²) < 4.78 is 13.4. The molecule has 0 unspecified atom stereocenters. The zero-order valence-electron chi connectivity index (χ0n) is 28.4. The molecule has 12 heteroatoms. The zero-order chi connectivity index (χ0) is 35.7. The van der Waals surface area contributed by atoms with E-state index in [2.05, 4.69) is 60.3 Å². The molecule has 270 valence electrons. The maximum Gasteiger partial charge on any atom is 0.323 e. The summed E-state index contributed by atoms with van der Waals surface area (Å²) in [6, 6.07) is 18.8. The van der Waals surface area contributed by atoms with Gasteiger partial charge in [0.2, 0.25) is 0 Å². The van der Waals surface area contributed by atoms with E-state index in [-0.39, 0.29) is 25.9 Å². The molecule has 0 spiro atoms. The smallest absolute Gasteiger partial charge is 0.323 e. The van der Waals surface area contributed by atoms with Gasteiger partial charge in [-0.3, -0.25) is 15.1 Å². The number of anilines is 1. The van der Waals surface area contributed by atoms with Crippen LogP contribution in [0.25, 0.3) is 11.1 Å². The first-order valence-electron chi connectivity index (χ1n) is 17.4. The van der Waals surface area contributed by atoms with Crippen molar-refractivity contribution in [3.8, 4) is 22.6 Å². The molecule has 4 N–H and O–H groups in total. The number of nitrogens with one attached hydrogen (secondary N) is 1. The number of piperidine rings is 1. The third kappa shape index (κ3) is 9.40. The molecular weight excluding hydrogens is 736 g/mol. The molecule has 4 aromatic rings. The molecule has 0 bridgehead atoms. The highest BCUT2D eigenvalue weighted by atomic mass is 79.9. The highest BCUT2D eigenvalue weighted by Crippen LogP contribution is 2.41. The number of aliphatic hydroxyl groups is 2. The monoisotopic (exact) mass is 778 g/mol.